The number of aliphatic hydroxyl groups excluding tert-OH is 1. The quantitative estimate of drug-likeness (QED) is 0.0197. The summed E-state index contributed by atoms with van der Waals surface area (Å²) in [5, 5.41) is 9.84. The summed E-state index contributed by atoms with van der Waals surface area (Å²) >= 11 is 0. The van der Waals surface area contributed by atoms with Gasteiger partial charge in [0.25, 0.3) is 0 Å². The molecule has 0 bridgehead atoms. The Balaban J connectivity index is 4.67. The molecule has 0 fully saturated rings. The highest BCUT2D eigenvalue weighted by atomic mass is 31.2. The van der Waals surface area contributed by atoms with E-state index in [2.05, 4.69) is 57.2 Å². The van der Waals surface area contributed by atoms with Crippen molar-refractivity contribution in [2.45, 2.75) is 328 Å². The third kappa shape index (κ3) is 56.4. The van der Waals surface area contributed by atoms with Crippen LogP contribution in [0.15, 0.2) is 36.5 Å². The number of phosphoric ester groups is 1. The first-order chi connectivity index (χ1) is 37.2. The van der Waals surface area contributed by atoms with Crippen LogP contribution >= 0.6 is 7.82 Å². The third-order valence-electron chi connectivity index (χ3n) is 14.1. The molecule has 446 valence electrons. The van der Waals surface area contributed by atoms with Gasteiger partial charge in [-0.15, -0.1) is 0 Å². The van der Waals surface area contributed by atoms with Crippen LogP contribution < -0.4 is 0 Å². The summed E-state index contributed by atoms with van der Waals surface area (Å²) in [6, 6.07) is 0. The Morgan fingerprint density at radius 3 is 1.05 bits per heavy atom. The maximum absolute atomic E-state index is 12.9. The van der Waals surface area contributed by atoms with Crippen molar-refractivity contribution in [3.8, 4) is 0 Å². The number of carbonyl (C=O) groups excluding carboxylic acids is 3. The van der Waals surface area contributed by atoms with E-state index in [0.29, 0.717) is 19.3 Å². The fourth-order valence-electron chi connectivity index (χ4n) is 9.26. The molecule has 0 aromatic rings. The molecule has 11 nitrogen and oxygen atoms in total. The molecule has 0 radical (unpaired) electrons. The lowest BCUT2D eigenvalue weighted by Gasteiger charge is -2.21. The van der Waals surface area contributed by atoms with E-state index < -0.39 is 57.8 Å². The van der Waals surface area contributed by atoms with E-state index in [9.17, 15) is 28.9 Å². The lowest BCUT2D eigenvalue weighted by atomic mass is 10.0. The van der Waals surface area contributed by atoms with Gasteiger partial charge in [-0.2, -0.15) is 0 Å². The summed E-state index contributed by atoms with van der Waals surface area (Å²) < 4.78 is 39.7. The van der Waals surface area contributed by atoms with E-state index in [1.54, 1.807) is 0 Å². The van der Waals surface area contributed by atoms with Crippen molar-refractivity contribution in [1.82, 2.24) is 0 Å². The minimum Gasteiger partial charge on any atom is -0.462 e. The second-order valence-corrected chi connectivity index (χ2v) is 23.0. The molecule has 0 amide bonds. The predicted octanol–water partition coefficient (Wildman–Crippen LogP) is 19.2. The second kappa shape index (κ2) is 58.8. The first-order valence-electron chi connectivity index (χ1n) is 31.9. The topological polar surface area (TPSA) is 155 Å². The van der Waals surface area contributed by atoms with Crippen molar-refractivity contribution in [3.63, 3.8) is 0 Å². The largest absolute Gasteiger partial charge is 0.472 e. The first kappa shape index (κ1) is 73.7. The lowest BCUT2D eigenvalue weighted by Crippen LogP contribution is -2.30. The Labute approximate surface area is 467 Å². The lowest BCUT2D eigenvalue weighted by molar-refractivity contribution is -0.161. The fourth-order valence-corrected chi connectivity index (χ4v) is 10.0. The minimum absolute atomic E-state index is 0.161. The van der Waals surface area contributed by atoms with Gasteiger partial charge in [0.1, 0.15) is 12.7 Å². The van der Waals surface area contributed by atoms with Gasteiger partial charge in [-0.05, 0) is 51.4 Å². The number of rotatable bonds is 60. The average Bonchev–Trinajstić information content (AvgIpc) is 3.41. The van der Waals surface area contributed by atoms with Crippen LogP contribution in [-0.2, 0) is 42.2 Å². The molecule has 0 saturated heterocycles. The van der Waals surface area contributed by atoms with Gasteiger partial charge >= 0.3 is 25.7 Å². The van der Waals surface area contributed by atoms with Gasteiger partial charge in [0.05, 0.1) is 19.8 Å². The highest BCUT2D eigenvalue weighted by Gasteiger charge is 2.28. The molecular weight excluding hydrogens is 976 g/mol. The fraction of sp³-hybridized carbons (Fsp3) is 0.859. The highest BCUT2D eigenvalue weighted by molar-refractivity contribution is 7.47. The summed E-state index contributed by atoms with van der Waals surface area (Å²) in [6.07, 6.45) is 62.4. The van der Waals surface area contributed by atoms with E-state index in [1.807, 2.05) is 0 Å². The predicted molar refractivity (Wildman–Crippen MR) is 316 cm³/mol. The van der Waals surface area contributed by atoms with E-state index in [4.69, 9.17) is 23.3 Å². The van der Waals surface area contributed by atoms with Gasteiger partial charge in [0.15, 0.2) is 6.10 Å². The first-order valence-corrected chi connectivity index (χ1v) is 33.4. The Morgan fingerprint density at radius 1 is 0.382 bits per heavy atom. The van der Waals surface area contributed by atoms with Crippen LogP contribution in [0.1, 0.15) is 316 Å². The number of allylic oxidation sites excluding steroid dienone is 6. The molecule has 12 heteroatoms. The Bertz CT molecular complexity index is 1420. The van der Waals surface area contributed by atoms with Crippen molar-refractivity contribution in [2.24, 2.45) is 0 Å². The molecule has 0 saturated carbocycles. The molecular formula is C64H119O11P. The van der Waals surface area contributed by atoms with Crippen molar-refractivity contribution in [2.75, 3.05) is 26.4 Å². The molecule has 3 unspecified atom stereocenters. The smallest absolute Gasteiger partial charge is 0.462 e. The minimum atomic E-state index is -4.75. The monoisotopic (exact) mass is 1090 g/mol. The zero-order chi connectivity index (χ0) is 55.5. The summed E-state index contributed by atoms with van der Waals surface area (Å²) in [7, 11) is -4.75. The van der Waals surface area contributed by atoms with Crippen LogP contribution in [0, 0.1) is 0 Å². The second-order valence-electron chi connectivity index (χ2n) is 21.6. The average molecular weight is 1100 g/mol. The molecule has 0 aromatic heterocycles. The van der Waals surface area contributed by atoms with Crippen LogP contribution in [0.4, 0.5) is 0 Å². The zero-order valence-corrected chi connectivity index (χ0v) is 50.4. The Hall–Kier alpha value is -2.30. The number of esters is 3. The third-order valence-corrected chi connectivity index (χ3v) is 15.0. The number of hydrogen-bond acceptors (Lipinski definition) is 10. The van der Waals surface area contributed by atoms with Crippen LogP contribution in [0.2, 0.25) is 0 Å². The molecule has 76 heavy (non-hydrogen) atoms. The number of unbranched alkanes of at least 4 members (excludes halogenated alkanes) is 37. The SMILES string of the molecule is CC/C=C\C/C=C\C/C=C\CCCCCCCC(=O)OC(CO)COP(=O)(O)OCC(COC(=O)CCCCCCCCCCCCCCCCCCC)OC(=O)CCCCCCCCCCCCCCCCCCC. The maximum atomic E-state index is 12.9. The molecule has 0 spiro atoms. The Morgan fingerprint density at radius 2 is 0.684 bits per heavy atom. The molecule has 0 heterocycles. The molecule has 0 aromatic carbocycles. The van der Waals surface area contributed by atoms with E-state index in [1.165, 1.54) is 167 Å². The standard InChI is InChI=1S/C64H119O11P/c1-4-7-10-13-16-19-22-25-28-30-33-35-38-41-44-47-50-53-62(66)71-57-61(75-64(68)55-52-49-46-43-40-37-34-31-29-26-23-20-17-14-11-8-5-2)59-73-76(69,70)72-58-60(56-65)74-63(67)54-51-48-45-42-39-36-32-27-24-21-18-15-12-9-6-3/h9,12,18,21,27,32,60-61,65H,4-8,10-11,13-17,19-20,22-26,28-31,33-59H2,1-3H3,(H,69,70)/b12-9-,21-18-,32-27-. The van der Waals surface area contributed by atoms with Crippen molar-refractivity contribution < 1.29 is 52.2 Å². The van der Waals surface area contributed by atoms with E-state index in [-0.39, 0.29) is 25.9 Å². The number of carbonyl (C=O) groups is 3. The summed E-state index contributed by atoms with van der Waals surface area (Å²) in [4.78, 5) is 48.7. The van der Waals surface area contributed by atoms with Gasteiger partial charge in [0, 0.05) is 19.3 Å². The molecule has 0 aliphatic rings. The summed E-state index contributed by atoms with van der Waals surface area (Å²) in [5.41, 5.74) is 0. The van der Waals surface area contributed by atoms with Crippen LogP contribution in [0.3, 0.4) is 0 Å². The van der Waals surface area contributed by atoms with Gasteiger partial charge in [-0.1, -0.05) is 282 Å². The number of ether oxygens (including phenoxy) is 3. The molecule has 0 aliphatic heterocycles. The summed E-state index contributed by atoms with van der Waals surface area (Å²) in [5.74, 6) is -1.45. The van der Waals surface area contributed by atoms with Gasteiger partial charge in [-0.25, -0.2) is 4.57 Å². The van der Waals surface area contributed by atoms with Crippen molar-refractivity contribution >= 4 is 25.7 Å². The van der Waals surface area contributed by atoms with Crippen LogP contribution in [0.5, 0.6) is 0 Å². The number of aliphatic hydroxyl groups is 1. The highest BCUT2D eigenvalue weighted by Crippen LogP contribution is 2.43. The zero-order valence-electron chi connectivity index (χ0n) is 49.5. The number of phosphoric acid groups is 1. The molecule has 0 aliphatic carbocycles. The van der Waals surface area contributed by atoms with Crippen molar-refractivity contribution in [3.05, 3.63) is 36.5 Å². The number of hydrogen-bond donors (Lipinski definition) is 2. The van der Waals surface area contributed by atoms with Gasteiger partial charge in [-0.3, -0.25) is 23.4 Å². The van der Waals surface area contributed by atoms with Gasteiger partial charge < -0.3 is 24.2 Å². The van der Waals surface area contributed by atoms with E-state index >= 15 is 0 Å². The van der Waals surface area contributed by atoms with Crippen LogP contribution in [-0.4, -0.2) is 66.5 Å². The summed E-state index contributed by atoms with van der Waals surface area (Å²) in [6.45, 7) is 4.59. The normalized spacial score (nSPS) is 13.5. The van der Waals surface area contributed by atoms with Gasteiger partial charge in [0.2, 0.25) is 0 Å². The maximum Gasteiger partial charge on any atom is 0.472 e. The molecule has 0 rings (SSSR count). The van der Waals surface area contributed by atoms with E-state index in [0.717, 1.165) is 89.9 Å². The Kier molecular flexibility index (Phi) is 57.1. The molecule has 3 atom stereocenters. The van der Waals surface area contributed by atoms with Crippen molar-refractivity contribution in [1.29, 1.82) is 0 Å². The molecule has 2 N–H and O–H groups in total. The van der Waals surface area contributed by atoms with Crippen LogP contribution in [0.25, 0.3) is 0 Å².